The van der Waals surface area contributed by atoms with Crippen LogP contribution in [0.5, 0.6) is 11.5 Å². The molecule has 0 aliphatic carbocycles. The molecule has 0 radical (unpaired) electrons. The molecule has 3 aromatic rings. The summed E-state index contributed by atoms with van der Waals surface area (Å²) in [4.78, 5) is 28.1. The van der Waals surface area contributed by atoms with Crippen molar-refractivity contribution in [1.82, 2.24) is 0 Å². The Morgan fingerprint density at radius 1 is 0.972 bits per heavy atom. The Kier molecular flexibility index (Phi) is 7.57. The number of aliphatic hydroxyl groups is 1. The zero-order valence-corrected chi connectivity index (χ0v) is 21.5. The number of nitrogens with zero attached hydrogens (tertiary/aromatic N) is 1. The van der Waals surface area contributed by atoms with Crippen LogP contribution in [0.15, 0.2) is 72.3 Å². The van der Waals surface area contributed by atoms with Gasteiger partial charge in [0.25, 0.3) is 11.7 Å². The molecule has 1 unspecified atom stereocenters. The molecular weight excluding hydrogens is 501 g/mol. The van der Waals surface area contributed by atoms with E-state index >= 15 is 0 Å². The average Bonchev–Trinajstić information content (AvgIpc) is 3.11. The molecule has 36 heavy (non-hydrogen) atoms. The molecule has 1 atom stereocenters. The fraction of sp³-hybridized carbons (Fsp3) is 0.214. The quantitative estimate of drug-likeness (QED) is 0.208. The third-order valence-corrected chi connectivity index (χ3v) is 6.33. The number of carbonyl (C=O) groups is 2. The molecule has 1 aliphatic rings. The first-order valence-electron chi connectivity index (χ1n) is 11.5. The molecule has 1 saturated heterocycles. The first-order valence-corrected chi connectivity index (χ1v) is 12.2. The summed E-state index contributed by atoms with van der Waals surface area (Å²) in [5.41, 5.74) is 1.25. The number of ketones is 1. The topological polar surface area (TPSA) is 76.1 Å². The maximum Gasteiger partial charge on any atom is 0.300 e. The van der Waals surface area contributed by atoms with Crippen molar-refractivity contribution < 1.29 is 24.2 Å². The van der Waals surface area contributed by atoms with Gasteiger partial charge < -0.3 is 14.6 Å². The van der Waals surface area contributed by atoms with Crippen LogP contribution in [0.4, 0.5) is 5.69 Å². The van der Waals surface area contributed by atoms with Gasteiger partial charge in [-0.1, -0.05) is 41.4 Å². The number of anilines is 1. The number of rotatable bonds is 7. The van der Waals surface area contributed by atoms with Crippen LogP contribution in [-0.4, -0.2) is 29.5 Å². The van der Waals surface area contributed by atoms with Gasteiger partial charge in [-0.2, -0.15) is 0 Å². The van der Waals surface area contributed by atoms with Crippen LogP contribution in [0.25, 0.3) is 5.76 Å². The van der Waals surface area contributed by atoms with Crippen molar-refractivity contribution in [3.8, 4) is 11.5 Å². The average molecular weight is 526 g/mol. The maximum absolute atomic E-state index is 13.4. The summed E-state index contributed by atoms with van der Waals surface area (Å²) >= 11 is 12.2. The highest BCUT2D eigenvalue weighted by atomic mass is 35.5. The molecule has 8 heteroatoms. The third-order valence-electron chi connectivity index (χ3n) is 5.59. The normalized spacial score (nSPS) is 17.1. The summed E-state index contributed by atoms with van der Waals surface area (Å²) in [5.74, 6) is -0.815. The third kappa shape index (κ3) is 5.06. The van der Waals surface area contributed by atoms with Crippen molar-refractivity contribution in [2.24, 2.45) is 0 Å². The highest BCUT2D eigenvalue weighted by Crippen LogP contribution is 2.44. The molecule has 3 aromatic carbocycles. The van der Waals surface area contributed by atoms with Gasteiger partial charge in [-0.25, -0.2) is 0 Å². The summed E-state index contributed by atoms with van der Waals surface area (Å²) in [6, 6.07) is 17.6. The highest BCUT2D eigenvalue weighted by Gasteiger charge is 2.47. The monoisotopic (exact) mass is 525 g/mol. The van der Waals surface area contributed by atoms with E-state index in [4.69, 9.17) is 32.7 Å². The Morgan fingerprint density at radius 2 is 1.69 bits per heavy atom. The fourth-order valence-electron chi connectivity index (χ4n) is 4.13. The van der Waals surface area contributed by atoms with Gasteiger partial charge in [0.15, 0.2) is 0 Å². The van der Waals surface area contributed by atoms with Gasteiger partial charge in [0.05, 0.1) is 34.4 Å². The smallest absolute Gasteiger partial charge is 0.300 e. The minimum atomic E-state index is -0.924. The second kappa shape index (κ2) is 10.6. The van der Waals surface area contributed by atoms with Crippen molar-refractivity contribution in [3.05, 3.63) is 93.5 Å². The van der Waals surface area contributed by atoms with Crippen molar-refractivity contribution in [2.45, 2.75) is 32.9 Å². The van der Waals surface area contributed by atoms with Crippen LogP contribution in [0, 0.1) is 0 Å². The Labute approximate surface area is 219 Å². The molecule has 0 saturated carbocycles. The van der Waals surface area contributed by atoms with Gasteiger partial charge in [-0.05, 0) is 68.8 Å². The molecule has 1 aliphatic heterocycles. The van der Waals surface area contributed by atoms with E-state index in [0.29, 0.717) is 34.4 Å². The van der Waals surface area contributed by atoms with E-state index in [0.717, 1.165) is 0 Å². The molecule has 0 aromatic heterocycles. The first kappa shape index (κ1) is 25.6. The lowest BCUT2D eigenvalue weighted by atomic mass is 9.95. The number of halogens is 2. The van der Waals surface area contributed by atoms with Crippen molar-refractivity contribution in [1.29, 1.82) is 0 Å². The Morgan fingerprint density at radius 3 is 2.39 bits per heavy atom. The molecule has 0 bridgehead atoms. The lowest BCUT2D eigenvalue weighted by Gasteiger charge is -2.26. The molecule has 1 amide bonds. The van der Waals surface area contributed by atoms with Gasteiger partial charge >= 0.3 is 0 Å². The minimum Gasteiger partial charge on any atom is -0.507 e. The first-order chi connectivity index (χ1) is 17.2. The molecule has 1 N–H and O–H groups in total. The fourth-order valence-corrected chi connectivity index (χ4v) is 4.43. The number of hydrogen-bond acceptors (Lipinski definition) is 5. The Hall–Kier alpha value is -3.48. The summed E-state index contributed by atoms with van der Waals surface area (Å²) in [5, 5.41) is 11.8. The van der Waals surface area contributed by atoms with Gasteiger partial charge in [0.1, 0.15) is 17.3 Å². The van der Waals surface area contributed by atoms with Gasteiger partial charge in [0.2, 0.25) is 0 Å². The molecule has 4 rings (SSSR count). The van der Waals surface area contributed by atoms with Gasteiger partial charge in [0, 0.05) is 17.3 Å². The minimum absolute atomic E-state index is 0.0677. The lowest BCUT2D eigenvalue weighted by molar-refractivity contribution is -0.132. The zero-order valence-electron chi connectivity index (χ0n) is 20.0. The molecule has 6 nitrogen and oxygen atoms in total. The summed E-state index contributed by atoms with van der Waals surface area (Å²) in [7, 11) is 0. The number of aliphatic hydroxyl groups excluding tert-OH is 1. The molecule has 1 fully saturated rings. The number of carbonyl (C=O) groups excluding carboxylic acids is 2. The highest BCUT2D eigenvalue weighted by molar-refractivity contribution is 6.51. The van der Waals surface area contributed by atoms with Gasteiger partial charge in [-0.15, -0.1) is 0 Å². The van der Waals surface area contributed by atoms with Gasteiger partial charge in [-0.3, -0.25) is 14.5 Å². The summed E-state index contributed by atoms with van der Waals surface area (Å²) in [6.45, 7) is 6.11. The van der Waals surface area contributed by atoms with Crippen molar-refractivity contribution >= 4 is 46.3 Å². The number of Topliss-reactive ketones (excluding diaryl/α,β-unsaturated/α-hetero) is 1. The predicted molar refractivity (Wildman–Crippen MR) is 141 cm³/mol. The Balaban J connectivity index is 1.93. The second-order valence-electron chi connectivity index (χ2n) is 8.47. The standard InChI is InChI=1S/C28H25Cl2NO5/c1-4-35-20-9-6-8-19(15-20)31-25(17-7-5-10-21(13-17)36-16(2)3)24(27(33)28(31)34)26(32)18-11-12-22(29)23(30)14-18/h5-16,25,32H,4H2,1-3H3/b26-24+. The van der Waals surface area contributed by atoms with Crippen molar-refractivity contribution in [2.75, 3.05) is 11.5 Å². The molecule has 186 valence electrons. The van der Waals surface area contributed by atoms with Crippen LogP contribution < -0.4 is 14.4 Å². The molecule has 0 spiro atoms. The second-order valence-corrected chi connectivity index (χ2v) is 9.28. The van der Waals surface area contributed by atoms with E-state index in [-0.39, 0.29) is 28.0 Å². The largest absolute Gasteiger partial charge is 0.507 e. The van der Waals surface area contributed by atoms with Crippen molar-refractivity contribution in [3.63, 3.8) is 0 Å². The number of ether oxygens (including phenoxy) is 2. The molecule has 1 heterocycles. The van der Waals surface area contributed by atoms with E-state index in [1.807, 2.05) is 20.8 Å². The number of hydrogen-bond donors (Lipinski definition) is 1. The van der Waals surface area contributed by atoms with Crippen LogP contribution in [0.2, 0.25) is 10.0 Å². The lowest BCUT2D eigenvalue weighted by Crippen LogP contribution is -2.29. The number of benzene rings is 3. The van der Waals surface area contributed by atoms with Crippen LogP contribution in [0.1, 0.15) is 37.9 Å². The number of amides is 1. The van der Waals surface area contributed by atoms with E-state index in [1.165, 1.54) is 17.0 Å². The van der Waals surface area contributed by atoms with Crippen LogP contribution in [-0.2, 0) is 9.59 Å². The Bertz CT molecular complexity index is 1350. The van der Waals surface area contributed by atoms with Crippen LogP contribution in [0.3, 0.4) is 0 Å². The zero-order chi connectivity index (χ0) is 26.0. The molecular formula is C28H25Cl2NO5. The summed E-state index contributed by atoms with van der Waals surface area (Å²) in [6.07, 6.45) is -0.0781. The van der Waals surface area contributed by atoms with E-state index < -0.39 is 17.7 Å². The maximum atomic E-state index is 13.4. The van der Waals surface area contributed by atoms with E-state index in [1.54, 1.807) is 54.6 Å². The van der Waals surface area contributed by atoms with E-state index in [9.17, 15) is 14.7 Å². The summed E-state index contributed by atoms with van der Waals surface area (Å²) < 4.78 is 11.5. The SMILES string of the molecule is CCOc1cccc(N2C(=O)C(=O)/C(=C(/O)c3ccc(Cl)c(Cl)c3)C2c2cccc(OC(C)C)c2)c1. The predicted octanol–water partition coefficient (Wildman–Crippen LogP) is 6.81. The van der Waals surface area contributed by atoms with Crippen LogP contribution >= 0.6 is 23.2 Å². The van der Waals surface area contributed by atoms with E-state index in [2.05, 4.69) is 0 Å².